The molecule has 1 unspecified atom stereocenters. The van der Waals surface area contributed by atoms with Crippen molar-refractivity contribution in [2.45, 2.75) is 83.7 Å². The minimum absolute atomic E-state index is 0.219. The first-order valence-corrected chi connectivity index (χ1v) is 9.49. The van der Waals surface area contributed by atoms with Gasteiger partial charge in [-0.1, -0.05) is 81.4 Å². The van der Waals surface area contributed by atoms with Crippen molar-refractivity contribution in [2.75, 3.05) is 11.0 Å². The standard InChI is InChI=1S/C16H31IO/c1-3-5-10-15(4-2)13-18-16(14-17)11-8-6-7-9-12-16/h15H,3-14H2,1-2H3. The third-order valence-corrected chi connectivity index (χ3v) is 5.82. The fourth-order valence-electron chi connectivity index (χ4n) is 2.88. The van der Waals surface area contributed by atoms with Crippen LogP contribution in [-0.4, -0.2) is 16.6 Å². The molecular weight excluding hydrogens is 335 g/mol. The Hall–Kier alpha value is 0.690. The average molecular weight is 366 g/mol. The molecule has 1 fully saturated rings. The van der Waals surface area contributed by atoms with Gasteiger partial charge in [0.2, 0.25) is 0 Å². The van der Waals surface area contributed by atoms with Crippen molar-refractivity contribution >= 4 is 22.6 Å². The van der Waals surface area contributed by atoms with Crippen LogP contribution in [0.2, 0.25) is 0 Å². The zero-order valence-corrected chi connectivity index (χ0v) is 14.5. The fraction of sp³-hybridized carbons (Fsp3) is 1.00. The highest BCUT2D eigenvalue weighted by molar-refractivity contribution is 14.1. The maximum Gasteiger partial charge on any atom is 0.0771 e. The Morgan fingerprint density at radius 2 is 1.78 bits per heavy atom. The van der Waals surface area contributed by atoms with E-state index in [4.69, 9.17) is 4.74 Å². The van der Waals surface area contributed by atoms with Gasteiger partial charge in [-0.15, -0.1) is 0 Å². The first-order valence-electron chi connectivity index (χ1n) is 7.96. The van der Waals surface area contributed by atoms with Gasteiger partial charge in [0.25, 0.3) is 0 Å². The second-order valence-electron chi connectivity index (χ2n) is 5.96. The van der Waals surface area contributed by atoms with Crippen LogP contribution in [0.4, 0.5) is 0 Å². The molecule has 1 saturated carbocycles. The second kappa shape index (κ2) is 9.57. The highest BCUT2D eigenvalue weighted by Gasteiger charge is 2.31. The minimum atomic E-state index is 0.219. The van der Waals surface area contributed by atoms with Crippen LogP contribution in [0.3, 0.4) is 0 Å². The fourth-order valence-corrected chi connectivity index (χ4v) is 3.87. The summed E-state index contributed by atoms with van der Waals surface area (Å²) in [6, 6.07) is 0. The molecule has 2 heteroatoms. The molecule has 0 aliphatic heterocycles. The summed E-state index contributed by atoms with van der Waals surface area (Å²) in [4.78, 5) is 0. The maximum atomic E-state index is 6.44. The van der Waals surface area contributed by atoms with Gasteiger partial charge in [0.05, 0.1) is 12.2 Å². The van der Waals surface area contributed by atoms with E-state index in [0.717, 1.165) is 12.5 Å². The van der Waals surface area contributed by atoms with Crippen LogP contribution in [0.5, 0.6) is 0 Å². The third-order valence-electron chi connectivity index (χ3n) is 4.43. The lowest BCUT2D eigenvalue weighted by molar-refractivity contribution is -0.0538. The van der Waals surface area contributed by atoms with Crippen molar-refractivity contribution < 1.29 is 4.74 Å². The van der Waals surface area contributed by atoms with Crippen molar-refractivity contribution in [1.29, 1.82) is 0 Å². The summed E-state index contributed by atoms with van der Waals surface area (Å²) >= 11 is 2.54. The van der Waals surface area contributed by atoms with E-state index in [2.05, 4.69) is 36.4 Å². The van der Waals surface area contributed by atoms with Gasteiger partial charge >= 0.3 is 0 Å². The zero-order valence-electron chi connectivity index (χ0n) is 12.3. The number of halogens is 1. The summed E-state index contributed by atoms with van der Waals surface area (Å²) < 4.78 is 7.62. The van der Waals surface area contributed by atoms with E-state index in [0.29, 0.717) is 0 Å². The normalized spacial score (nSPS) is 21.5. The lowest BCUT2D eigenvalue weighted by Gasteiger charge is -2.33. The van der Waals surface area contributed by atoms with E-state index in [9.17, 15) is 0 Å². The van der Waals surface area contributed by atoms with Gasteiger partial charge in [-0.05, 0) is 25.2 Å². The molecule has 1 aliphatic rings. The summed E-state index contributed by atoms with van der Waals surface area (Å²) in [6.07, 6.45) is 13.4. The number of unbranched alkanes of at least 4 members (excludes halogenated alkanes) is 1. The molecule has 0 aromatic heterocycles. The van der Waals surface area contributed by atoms with E-state index in [1.165, 1.54) is 68.6 Å². The molecule has 1 aliphatic carbocycles. The van der Waals surface area contributed by atoms with Gasteiger partial charge in [-0.3, -0.25) is 0 Å². The van der Waals surface area contributed by atoms with Crippen LogP contribution in [0, 0.1) is 5.92 Å². The molecule has 0 bridgehead atoms. The molecule has 108 valence electrons. The summed E-state index contributed by atoms with van der Waals surface area (Å²) in [5, 5.41) is 0. The van der Waals surface area contributed by atoms with Gasteiger partial charge in [-0.25, -0.2) is 0 Å². The quantitative estimate of drug-likeness (QED) is 0.302. The highest BCUT2D eigenvalue weighted by Crippen LogP contribution is 2.33. The number of ether oxygens (including phenoxy) is 1. The average Bonchev–Trinajstić information content (AvgIpc) is 2.65. The van der Waals surface area contributed by atoms with Crippen LogP contribution in [-0.2, 0) is 4.74 Å². The first-order chi connectivity index (χ1) is 8.76. The summed E-state index contributed by atoms with van der Waals surface area (Å²) in [7, 11) is 0. The molecule has 0 N–H and O–H groups in total. The maximum absolute atomic E-state index is 6.44. The molecule has 0 aromatic rings. The zero-order chi connectivity index (χ0) is 13.3. The molecule has 0 radical (unpaired) electrons. The van der Waals surface area contributed by atoms with E-state index >= 15 is 0 Å². The largest absolute Gasteiger partial charge is 0.374 e. The molecule has 0 amide bonds. The monoisotopic (exact) mass is 366 g/mol. The Morgan fingerprint density at radius 3 is 2.28 bits per heavy atom. The molecule has 1 atom stereocenters. The van der Waals surface area contributed by atoms with Crippen molar-refractivity contribution in [3.05, 3.63) is 0 Å². The van der Waals surface area contributed by atoms with E-state index < -0.39 is 0 Å². The second-order valence-corrected chi connectivity index (χ2v) is 6.72. The predicted molar refractivity (Wildman–Crippen MR) is 88.6 cm³/mol. The lowest BCUT2D eigenvalue weighted by Crippen LogP contribution is -2.35. The number of alkyl halides is 1. The highest BCUT2D eigenvalue weighted by atomic mass is 127. The van der Waals surface area contributed by atoms with Gasteiger partial charge in [-0.2, -0.15) is 0 Å². The van der Waals surface area contributed by atoms with E-state index in [1.807, 2.05) is 0 Å². The smallest absolute Gasteiger partial charge is 0.0771 e. The molecule has 0 heterocycles. The van der Waals surface area contributed by atoms with Crippen LogP contribution >= 0.6 is 22.6 Å². The lowest BCUT2D eigenvalue weighted by atomic mass is 9.95. The number of rotatable bonds is 8. The Morgan fingerprint density at radius 1 is 1.11 bits per heavy atom. The topological polar surface area (TPSA) is 9.23 Å². The Labute approximate surface area is 128 Å². The summed E-state index contributed by atoms with van der Waals surface area (Å²) in [6.45, 7) is 5.60. The van der Waals surface area contributed by atoms with Gasteiger partial charge in [0.15, 0.2) is 0 Å². The van der Waals surface area contributed by atoms with Gasteiger partial charge in [0.1, 0.15) is 0 Å². The molecule has 18 heavy (non-hydrogen) atoms. The van der Waals surface area contributed by atoms with Crippen LogP contribution in [0.15, 0.2) is 0 Å². The molecule has 0 spiro atoms. The van der Waals surface area contributed by atoms with Crippen molar-refractivity contribution in [3.63, 3.8) is 0 Å². The molecule has 1 rings (SSSR count). The van der Waals surface area contributed by atoms with E-state index in [1.54, 1.807) is 0 Å². The molecule has 0 saturated heterocycles. The van der Waals surface area contributed by atoms with Gasteiger partial charge < -0.3 is 4.74 Å². The number of hydrogen-bond acceptors (Lipinski definition) is 1. The molecule has 0 aromatic carbocycles. The predicted octanol–water partition coefficient (Wildman–Crippen LogP) is 5.75. The van der Waals surface area contributed by atoms with Crippen molar-refractivity contribution in [3.8, 4) is 0 Å². The SMILES string of the molecule is CCCCC(CC)COC1(CI)CCCCCC1. The van der Waals surface area contributed by atoms with Crippen LogP contribution in [0.25, 0.3) is 0 Å². The minimum Gasteiger partial charge on any atom is -0.374 e. The van der Waals surface area contributed by atoms with Crippen LogP contribution < -0.4 is 0 Å². The van der Waals surface area contributed by atoms with Gasteiger partial charge in [0, 0.05) is 4.43 Å². The van der Waals surface area contributed by atoms with Crippen molar-refractivity contribution in [2.24, 2.45) is 5.92 Å². The number of hydrogen-bond donors (Lipinski definition) is 0. The summed E-state index contributed by atoms with van der Waals surface area (Å²) in [5.74, 6) is 0.785. The molecule has 1 nitrogen and oxygen atoms in total. The first kappa shape index (κ1) is 16.7. The van der Waals surface area contributed by atoms with E-state index in [-0.39, 0.29) is 5.60 Å². The Balaban J connectivity index is 2.40. The van der Waals surface area contributed by atoms with Crippen LogP contribution in [0.1, 0.15) is 78.1 Å². The summed E-state index contributed by atoms with van der Waals surface area (Å²) in [5.41, 5.74) is 0.219. The Kier molecular flexibility index (Phi) is 8.90. The van der Waals surface area contributed by atoms with Crippen molar-refractivity contribution in [1.82, 2.24) is 0 Å². The Bertz CT molecular complexity index is 197. The third kappa shape index (κ3) is 5.77. The molecular formula is C16H31IO.